The predicted molar refractivity (Wildman–Crippen MR) is 355 cm³/mol. The fourth-order valence-electron chi connectivity index (χ4n) is 12.1. The van der Waals surface area contributed by atoms with E-state index in [2.05, 4.69) is 4.99 Å². The molecule has 27 heteroatoms. The van der Waals surface area contributed by atoms with Crippen LogP contribution in [0.25, 0.3) is 0 Å². The van der Waals surface area contributed by atoms with Crippen molar-refractivity contribution < 1.29 is 97.5 Å². The second-order valence-corrected chi connectivity index (χ2v) is 25.7. The zero-order valence-electron chi connectivity index (χ0n) is 55.8. The maximum absolute atomic E-state index is 14.8. The van der Waals surface area contributed by atoms with Gasteiger partial charge in [0.05, 0.1) is 17.9 Å². The van der Waals surface area contributed by atoms with Crippen LogP contribution in [0.15, 0.2) is 59.6 Å². The van der Waals surface area contributed by atoms with E-state index in [0.717, 1.165) is 0 Å². The molecule has 17 N–H and O–H groups in total. The van der Waals surface area contributed by atoms with Gasteiger partial charge in [0.2, 0.25) is 11.8 Å². The van der Waals surface area contributed by atoms with Gasteiger partial charge in [-0.1, -0.05) is 55.3 Å². The first-order valence-corrected chi connectivity index (χ1v) is 33.2. The van der Waals surface area contributed by atoms with Crippen LogP contribution in [0.3, 0.4) is 0 Å². The van der Waals surface area contributed by atoms with Crippen molar-refractivity contribution in [2.24, 2.45) is 98.6 Å². The summed E-state index contributed by atoms with van der Waals surface area (Å²) in [6.07, 6.45) is -8.67. The Morgan fingerprint density at radius 2 is 0.753 bits per heavy atom. The molecule has 0 spiro atoms. The number of aliphatic hydroxyl groups is 1. The van der Waals surface area contributed by atoms with Gasteiger partial charge < -0.3 is 64.7 Å². The highest BCUT2D eigenvalue weighted by atomic mass is 16.4. The molecule has 0 saturated heterocycles. The summed E-state index contributed by atoms with van der Waals surface area (Å²) in [5.41, 5.74) is 34.8. The Kier molecular flexibility index (Phi) is 39.2. The molecule has 0 radical (unpaired) electrons. The molecule has 11 unspecified atom stereocenters. The zero-order valence-corrected chi connectivity index (χ0v) is 55.8. The first kappa shape index (κ1) is 84.5. The number of carbonyl (C=O) groups is 15. The number of ketones is 10. The van der Waals surface area contributed by atoms with Crippen molar-refractivity contribution >= 4 is 93.5 Å². The van der Waals surface area contributed by atoms with Gasteiger partial charge in [-0.15, -0.1) is 0 Å². The van der Waals surface area contributed by atoms with Gasteiger partial charge in [-0.05, 0) is 114 Å². The second kappa shape index (κ2) is 45.0. The molecule has 0 saturated carbocycles. The summed E-state index contributed by atoms with van der Waals surface area (Å²) >= 11 is 0. The number of phenols is 1. The first-order valence-electron chi connectivity index (χ1n) is 33.2. The second-order valence-electron chi connectivity index (χ2n) is 25.7. The smallest absolute Gasteiger partial charge is 0.307 e. The van der Waals surface area contributed by atoms with Crippen LogP contribution in [0.2, 0.25) is 0 Å². The summed E-state index contributed by atoms with van der Waals surface area (Å²) in [7, 11) is 0. The molecular formula is C70H101N7O20. The van der Waals surface area contributed by atoms with Crippen LogP contribution in [0.1, 0.15) is 179 Å². The minimum Gasteiger partial charge on any atom is -0.508 e. The summed E-state index contributed by atoms with van der Waals surface area (Å²) in [6.45, 7) is 3.15. The Balaban J connectivity index is 2.55. The lowest BCUT2D eigenvalue weighted by Gasteiger charge is -2.25. The normalized spacial score (nSPS) is 14.7. The number of phenolic OH excluding ortho intramolecular Hbond substituents is 1. The number of aromatic hydroxyl groups is 1. The Labute approximate surface area is 565 Å². The highest BCUT2D eigenvalue weighted by Gasteiger charge is 2.39. The minimum absolute atomic E-state index is 0.0233. The molecular weight excluding hydrogens is 1260 g/mol. The molecule has 0 aromatic heterocycles. The van der Waals surface area contributed by atoms with Crippen molar-refractivity contribution in [2.75, 3.05) is 19.6 Å². The third-order valence-corrected chi connectivity index (χ3v) is 17.6. The number of aliphatic carboxylic acids is 3. The van der Waals surface area contributed by atoms with Crippen LogP contribution < -0.4 is 34.4 Å². The number of unbranched alkanes of at least 4 members (excludes halogenated alkanes) is 2. The predicted octanol–water partition coefficient (Wildman–Crippen LogP) is 4.21. The van der Waals surface area contributed by atoms with Gasteiger partial charge in [-0.3, -0.25) is 72.1 Å². The van der Waals surface area contributed by atoms with E-state index < -0.39 is 231 Å². The van der Waals surface area contributed by atoms with E-state index in [1.807, 2.05) is 0 Å². The van der Waals surface area contributed by atoms with Crippen molar-refractivity contribution in [3.63, 3.8) is 0 Å². The van der Waals surface area contributed by atoms with E-state index in [4.69, 9.17) is 34.4 Å². The van der Waals surface area contributed by atoms with Gasteiger partial charge in [0.25, 0.3) is 0 Å². The number of hydrogen-bond acceptors (Lipinski definition) is 20. The average molecular weight is 1360 g/mol. The molecule has 0 aliphatic rings. The summed E-state index contributed by atoms with van der Waals surface area (Å²) < 4.78 is 0. The number of carboxylic acids is 3. The van der Waals surface area contributed by atoms with E-state index in [9.17, 15) is 97.5 Å². The number of Topliss-reactive ketones (excluding diaryl/α,β-unsaturated/α-hetero) is 10. The number of primary amides is 2. The Morgan fingerprint density at radius 1 is 0.402 bits per heavy atom. The number of nitrogens with two attached hydrogens (primary N) is 6. The molecule has 0 heterocycles. The molecule has 27 nitrogen and oxygen atoms in total. The van der Waals surface area contributed by atoms with Gasteiger partial charge in [-0.25, -0.2) is 0 Å². The topological polar surface area (TPSA) is 526 Å². The van der Waals surface area contributed by atoms with Crippen LogP contribution >= 0.6 is 0 Å². The van der Waals surface area contributed by atoms with Crippen LogP contribution in [-0.2, 0) is 84.8 Å². The number of aliphatic imine (C=N–C) groups is 1. The summed E-state index contributed by atoms with van der Waals surface area (Å²) in [6, 6.07) is 13.9. The number of amides is 2. The standard InChI is InChI=1S/C70H101N7O20/c1-41(78)27-45(13-6-8-24-71)56(81)30-47(15-10-26-77-70(75)76)58(83)35-51(38-65(73)90)62(87)36-52(39-66(74)91)61(86)34-50(28-43-11-4-3-5-12-43)60(85)31-46(14-7-9-25-72)63(88)40-55(42(2)79)64(89)33-49(19-23-68(94)95)57(82)32-48(18-22-67(92)93)59(84)37-53(69(96)97)29-44-16-20-54(80)21-17-44/h3-5,11-12,16-17,20-21,42,45-53,55,79-80H,6-10,13-15,18-19,22-40,71-72H2,1-2H3,(H2,73,90)(H2,74,91)(H,92,93)(H,94,95)(H,96,97)(H4,75,76,77). The first-order chi connectivity index (χ1) is 45.7. The van der Waals surface area contributed by atoms with Gasteiger partial charge in [0, 0.05) is 144 Å². The molecule has 2 aromatic rings. The zero-order chi connectivity index (χ0) is 72.9. The number of carboxylic acid groups (broad SMARTS) is 3. The number of hydrogen-bond donors (Lipinski definition) is 11. The third kappa shape index (κ3) is 34.3. The van der Waals surface area contributed by atoms with E-state index in [-0.39, 0.29) is 87.7 Å². The highest BCUT2D eigenvalue weighted by molar-refractivity contribution is 6.00. The number of guanidine groups is 1. The van der Waals surface area contributed by atoms with Gasteiger partial charge in [-0.2, -0.15) is 0 Å². The van der Waals surface area contributed by atoms with E-state index in [0.29, 0.717) is 43.4 Å². The molecule has 0 bridgehead atoms. The van der Waals surface area contributed by atoms with E-state index in [1.165, 1.54) is 38.1 Å². The number of aliphatic hydroxyl groups excluding tert-OH is 1. The van der Waals surface area contributed by atoms with Crippen molar-refractivity contribution in [3.05, 3.63) is 65.7 Å². The van der Waals surface area contributed by atoms with Crippen molar-refractivity contribution in [1.82, 2.24) is 0 Å². The number of carbonyl (C=O) groups excluding carboxylic acids is 12. The van der Waals surface area contributed by atoms with Gasteiger partial charge >= 0.3 is 17.9 Å². The SMILES string of the molecule is CC(=O)CC(CCCCN)C(=O)CC(CCCN=C(N)N)C(=O)CC(CC(N)=O)C(=O)CC(CC(N)=O)C(=O)CC(Cc1ccccc1)C(=O)CC(CCCCN)C(=O)CC(C(=O)CC(CCC(=O)O)C(=O)CC(CCC(=O)O)C(=O)CC(Cc1ccc(O)cc1)C(=O)O)C(C)O. The Hall–Kier alpha value is -8.56. The highest BCUT2D eigenvalue weighted by Crippen LogP contribution is 2.32. The van der Waals surface area contributed by atoms with E-state index >= 15 is 0 Å². The Morgan fingerprint density at radius 3 is 1.15 bits per heavy atom. The largest absolute Gasteiger partial charge is 0.508 e. The van der Waals surface area contributed by atoms with Crippen LogP contribution in [0, 0.1) is 59.2 Å². The molecule has 0 aliphatic heterocycles. The summed E-state index contributed by atoms with van der Waals surface area (Å²) in [5, 5.41) is 50.1. The molecule has 2 rings (SSSR count). The quantitative estimate of drug-likeness (QED) is 0.0251. The lowest BCUT2D eigenvalue weighted by Crippen LogP contribution is -2.35. The summed E-state index contributed by atoms with van der Waals surface area (Å²) in [4.78, 5) is 206. The van der Waals surface area contributed by atoms with Crippen molar-refractivity contribution in [1.29, 1.82) is 0 Å². The maximum Gasteiger partial charge on any atom is 0.307 e. The molecule has 0 fully saturated rings. The van der Waals surface area contributed by atoms with Gasteiger partial charge in [0.15, 0.2) is 5.96 Å². The molecule has 97 heavy (non-hydrogen) atoms. The fraction of sp³-hybridized carbons (Fsp3) is 0.600. The van der Waals surface area contributed by atoms with Crippen LogP contribution in [0.4, 0.5) is 0 Å². The summed E-state index contributed by atoms with van der Waals surface area (Å²) in [5.74, 6) is -25.9. The molecule has 2 aromatic carbocycles. The van der Waals surface area contributed by atoms with Crippen molar-refractivity contribution in [2.45, 2.75) is 187 Å². The lowest BCUT2D eigenvalue weighted by molar-refractivity contribution is -0.145. The molecule has 0 aliphatic carbocycles. The maximum atomic E-state index is 14.8. The Bertz CT molecular complexity index is 3040. The molecule has 536 valence electrons. The monoisotopic (exact) mass is 1360 g/mol. The van der Waals surface area contributed by atoms with Crippen molar-refractivity contribution in [3.8, 4) is 5.75 Å². The lowest BCUT2D eigenvalue weighted by atomic mass is 9.77. The fourth-order valence-corrected chi connectivity index (χ4v) is 12.1. The average Bonchev–Trinajstić information content (AvgIpc) is 0.944. The third-order valence-electron chi connectivity index (χ3n) is 17.6. The molecule has 2 amide bonds. The number of nitrogens with zero attached hydrogens (tertiary/aromatic N) is 1. The van der Waals surface area contributed by atoms with Gasteiger partial charge in [0.1, 0.15) is 63.6 Å². The number of benzene rings is 2. The minimum atomic E-state index is -1.58. The van der Waals surface area contributed by atoms with Crippen LogP contribution in [-0.4, -0.2) is 145 Å². The molecule has 11 atom stereocenters. The van der Waals surface area contributed by atoms with E-state index in [1.54, 1.807) is 30.3 Å². The number of rotatable bonds is 57. The van der Waals surface area contributed by atoms with Crippen LogP contribution in [0.5, 0.6) is 5.75 Å².